The van der Waals surface area contributed by atoms with Crippen molar-refractivity contribution in [3.8, 4) is 11.5 Å². The van der Waals surface area contributed by atoms with Gasteiger partial charge in [0.05, 0.1) is 20.4 Å². The lowest BCUT2D eigenvalue weighted by Crippen LogP contribution is -2.30. The molecule has 0 saturated carbocycles. The molecule has 156 valence electrons. The molecule has 1 amide bonds. The van der Waals surface area contributed by atoms with E-state index in [-0.39, 0.29) is 12.6 Å². The summed E-state index contributed by atoms with van der Waals surface area (Å²) in [7, 11) is 1.66. The normalized spacial score (nSPS) is 13.6. The topological polar surface area (TPSA) is 50.8 Å². The summed E-state index contributed by atoms with van der Waals surface area (Å²) in [5.41, 5.74) is 4.77. The summed E-state index contributed by atoms with van der Waals surface area (Å²) in [5.74, 6) is 1.46. The van der Waals surface area contributed by atoms with E-state index in [1.807, 2.05) is 6.07 Å². The Bertz CT molecular complexity index is 824. The van der Waals surface area contributed by atoms with E-state index in [1.54, 1.807) is 7.11 Å². The third-order valence-electron chi connectivity index (χ3n) is 5.10. The van der Waals surface area contributed by atoms with Crippen molar-refractivity contribution < 1.29 is 18.7 Å². The van der Waals surface area contributed by atoms with Crippen LogP contribution in [0.15, 0.2) is 36.4 Å². The Morgan fingerprint density at radius 3 is 2.62 bits per heavy atom. The molecular formula is C23H29FN2O3. The van der Waals surface area contributed by atoms with E-state index in [0.717, 1.165) is 37.4 Å². The molecule has 2 aromatic rings. The van der Waals surface area contributed by atoms with E-state index in [4.69, 9.17) is 9.47 Å². The highest BCUT2D eigenvalue weighted by Gasteiger charge is 2.22. The van der Waals surface area contributed by atoms with Crippen molar-refractivity contribution >= 4 is 5.91 Å². The fourth-order valence-electron chi connectivity index (χ4n) is 3.62. The number of nitrogens with one attached hydrogen (secondary N) is 1. The highest BCUT2D eigenvalue weighted by atomic mass is 19.1. The van der Waals surface area contributed by atoms with Crippen molar-refractivity contribution in [2.45, 2.75) is 39.4 Å². The molecule has 1 heterocycles. The van der Waals surface area contributed by atoms with Crippen LogP contribution in [0.1, 0.15) is 35.6 Å². The maximum atomic E-state index is 12.3. The fourth-order valence-corrected chi connectivity index (χ4v) is 3.62. The molecule has 0 saturated heterocycles. The number of alkyl halides is 1. The highest BCUT2D eigenvalue weighted by Crippen LogP contribution is 2.37. The SMILES string of the molecule is COc1c(OCCCF)ccc2c1CCN(Cc1ccc(CNC(C)=O)cc1)C2. The lowest BCUT2D eigenvalue weighted by atomic mass is 9.97. The molecule has 0 radical (unpaired) electrons. The molecular weight excluding hydrogens is 371 g/mol. The molecule has 0 fully saturated rings. The van der Waals surface area contributed by atoms with Gasteiger partial charge in [0.25, 0.3) is 0 Å². The second-order valence-corrected chi connectivity index (χ2v) is 7.31. The molecule has 0 aromatic heterocycles. The van der Waals surface area contributed by atoms with Crippen molar-refractivity contribution in [3.05, 3.63) is 58.7 Å². The lowest BCUT2D eigenvalue weighted by Gasteiger charge is -2.30. The van der Waals surface area contributed by atoms with Gasteiger partial charge in [0, 0.05) is 45.1 Å². The predicted molar refractivity (Wildman–Crippen MR) is 111 cm³/mol. The van der Waals surface area contributed by atoms with Crippen LogP contribution in [-0.2, 0) is 30.8 Å². The molecule has 1 aliphatic rings. The number of hydrogen-bond donors (Lipinski definition) is 1. The third kappa shape index (κ3) is 5.70. The second kappa shape index (κ2) is 10.3. The molecule has 3 rings (SSSR count). The van der Waals surface area contributed by atoms with Gasteiger partial charge in [-0.1, -0.05) is 30.3 Å². The number of benzene rings is 2. The Morgan fingerprint density at radius 2 is 1.93 bits per heavy atom. The summed E-state index contributed by atoms with van der Waals surface area (Å²) >= 11 is 0. The first kappa shape index (κ1) is 21.1. The number of rotatable bonds is 9. The molecule has 0 unspecified atom stereocenters. The summed E-state index contributed by atoms with van der Waals surface area (Å²) < 4.78 is 23.6. The number of fused-ring (bicyclic) bond motifs is 1. The number of carbonyl (C=O) groups is 1. The van der Waals surface area contributed by atoms with Gasteiger partial charge >= 0.3 is 0 Å². The number of carbonyl (C=O) groups excluding carboxylic acids is 1. The zero-order chi connectivity index (χ0) is 20.6. The van der Waals surface area contributed by atoms with Gasteiger partial charge in [-0.3, -0.25) is 14.1 Å². The van der Waals surface area contributed by atoms with E-state index < -0.39 is 0 Å². The summed E-state index contributed by atoms with van der Waals surface area (Å²) in [5, 5.41) is 2.81. The summed E-state index contributed by atoms with van der Waals surface area (Å²) in [6, 6.07) is 12.4. The number of hydrogen-bond acceptors (Lipinski definition) is 4. The van der Waals surface area contributed by atoms with Crippen LogP contribution in [0, 0.1) is 0 Å². The molecule has 0 spiro atoms. The molecule has 1 aliphatic heterocycles. The number of ether oxygens (including phenoxy) is 2. The van der Waals surface area contributed by atoms with Gasteiger partial charge in [0.1, 0.15) is 0 Å². The van der Waals surface area contributed by atoms with Gasteiger partial charge in [0.15, 0.2) is 11.5 Å². The lowest BCUT2D eigenvalue weighted by molar-refractivity contribution is -0.119. The van der Waals surface area contributed by atoms with Crippen LogP contribution in [0.5, 0.6) is 11.5 Å². The predicted octanol–water partition coefficient (Wildman–Crippen LogP) is 3.63. The number of methoxy groups -OCH3 is 1. The maximum Gasteiger partial charge on any atom is 0.217 e. The molecule has 29 heavy (non-hydrogen) atoms. The molecule has 6 heteroatoms. The van der Waals surface area contributed by atoms with E-state index in [9.17, 15) is 9.18 Å². The van der Waals surface area contributed by atoms with Crippen LogP contribution in [0.25, 0.3) is 0 Å². The van der Waals surface area contributed by atoms with Crippen molar-refractivity contribution in [2.24, 2.45) is 0 Å². The fraction of sp³-hybridized carbons (Fsp3) is 0.435. The van der Waals surface area contributed by atoms with Crippen molar-refractivity contribution in [3.63, 3.8) is 0 Å². The van der Waals surface area contributed by atoms with Crippen LogP contribution in [0.3, 0.4) is 0 Å². The number of halogens is 1. The Morgan fingerprint density at radius 1 is 1.17 bits per heavy atom. The standard InChI is InChI=1S/C23H29FN2O3/c1-17(27)25-14-18-4-6-19(7-5-18)15-26-12-10-21-20(16-26)8-9-22(23(21)28-2)29-13-3-11-24/h4-9H,3,10-16H2,1-2H3,(H,25,27). The van der Waals surface area contributed by atoms with Crippen LogP contribution >= 0.6 is 0 Å². The smallest absolute Gasteiger partial charge is 0.217 e. The van der Waals surface area contributed by atoms with Crippen molar-refractivity contribution in [2.75, 3.05) is 26.9 Å². The monoisotopic (exact) mass is 400 g/mol. The first-order chi connectivity index (χ1) is 14.1. The maximum absolute atomic E-state index is 12.3. The number of nitrogens with zero attached hydrogens (tertiary/aromatic N) is 1. The third-order valence-corrected chi connectivity index (χ3v) is 5.10. The van der Waals surface area contributed by atoms with E-state index in [2.05, 4.69) is 40.5 Å². The minimum Gasteiger partial charge on any atom is -0.493 e. The molecule has 1 N–H and O–H groups in total. The zero-order valence-electron chi connectivity index (χ0n) is 17.2. The van der Waals surface area contributed by atoms with Gasteiger partial charge in [-0.05, 0) is 29.2 Å². The molecule has 0 atom stereocenters. The summed E-state index contributed by atoms with van der Waals surface area (Å²) in [4.78, 5) is 13.4. The quantitative estimate of drug-likeness (QED) is 0.653. The molecule has 0 aliphatic carbocycles. The second-order valence-electron chi connectivity index (χ2n) is 7.31. The minimum atomic E-state index is -0.379. The average molecular weight is 400 g/mol. The van der Waals surface area contributed by atoms with Crippen LogP contribution < -0.4 is 14.8 Å². The first-order valence-electron chi connectivity index (χ1n) is 10.0. The molecule has 0 bridgehead atoms. The Labute approximate surface area is 171 Å². The summed E-state index contributed by atoms with van der Waals surface area (Å²) in [6.45, 7) is 4.72. The highest BCUT2D eigenvalue weighted by molar-refractivity contribution is 5.72. The van der Waals surface area contributed by atoms with Gasteiger partial charge in [-0.25, -0.2) is 0 Å². The van der Waals surface area contributed by atoms with Crippen LogP contribution in [0.4, 0.5) is 4.39 Å². The van der Waals surface area contributed by atoms with E-state index in [0.29, 0.717) is 25.3 Å². The van der Waals surface area contributed by atoms with Crippen molar-refractivity contribution in [1.29, 1.82) is 0 Å². The average Bonchev–Trinajstić information content (AvgIpc) is 2.73. The van der Waals surface area contributed by atoms with Crippen LogP contribution in [0.2, 0.25) is 0 Å². The van der Waals surface area contributed by atoms with E-state index >= 15 is 0 Å². The summed E-state index contributed by atoms with van der Waals surface area (Å²) in [6.07, 6.45) is 1.27. The Kier molecular flexibility index (Phi) is 7.47. The van der Waals surface area contributed by atoms with Crippen molar-refractivity contribution in [1.82, 2.24) is 10.2 Å². The zero-order valence-corrected chi connectivity index (χ0v) is 17.2. The molecule has 2 aromatic carbocycles. The molecule has 5 nitrogen and oxygen atoms in total. The van der Waals surface area contributed by atoms with Crippen LogP contribution in [-0.4, -0.2) is 37.7 Å². The number of amides is 1. The van der Waals surface area contributed by atoms with Gasteiger partial charge < -0.3 is 14.8 Å². The van der Waals surface area contributed by atoms with Gasteiger partial charge in [-0.2, -0.15) is 0 Å². The van der Waals surface area contributed by atoms with Gasteiger partial charge in [0.2, 0.25) is 5.91 Å². The van der Waals surface area contributed by atoms with E-state index in [1.165, 1.54) is 23.6 Å². The first-order valence-corrected chi connectivity index (χ1v) is 10.0. The Balaban J connectivity index is 1.62. The minimum absolute atomic E-state index is 0.0209. The Hall–Kier alpha value is -2.60. The largest absolute Gasteiger partial charge is 0.493 e. The van der Waals surface area contributed by atoms with Gasteiger partial charge in [-0.15, -0.1) is 0 Å².